The third-order valence-electron chi connectivity index (χ3n) is 7.16. The summed E-state index contributed by atoms with van der Waals surface area (Å²) in [4.78, 5) is 59.9. The molecule has 2 aliphatic heterocycles. The number of imide groups is 1. The van der Waals surface area contributed by atoms with E-state index >= 15 is 0 Å². The van der Waals surface area contributed by atoms with Gasteiger partial charge in [0.2, 0.25) is 17.7 Å². The van der Waals surface area contributed by atoms with Gasteiger partial charge in [-0.05, 0) is 42.5 Å². The Kier molecular flexibility index (Phi) is 6.91. The van der Waals surface area contributed by atoms with E-state index in [4.69, 9.17) is 0 Å². The molecule has 0 N–H and O–H groups in total. The number of hydrogen-bond donors (Lipinski definition) is 0. The zero-order valence-corrected chi connectivity index (χ0v) is 19.8. The van der Waals surface area contributed by atoms with Crippen molar-refractivity contribution < 1.29 is 19.2 Å². The number of Topliss-reactive ketones (excluding diaryl/α,β-unsaturated/α-hetero) is 1. The SMILES string of the molecule is CCC(=O)[C@H]1CCCN(C(=O)C[C@]2(c3ccccc3C)CC(=O)N(Cc3cccnc3)C2=O)C1. The number of aromatic nitrogens is 1. The number of carbonyl (C=O) groups excluding carboxylic acids is 4. The second-order valence-corrected chi connectivity index (χ2v) is 9.40. The van der Waals surface area contributed by atoms with Crippen LogP contribution in [0.15, 0.2) is 48.8 Å². The number of carbonyl (C=O) groups is 4. The monoisotopic (exact) mass is 461 g/mol. The smallest absolute Gasteiger partial charge is 0.241 e. The highest BCUT2D eigenvalue weighted by molar-refractivity contribution is 6.10. The van der Waals surface area contributed by atoms with E-state index in [1.807, 2.05) is 44.2 Å². The quantitative estimate of drug-likeness (QED) is 0.591. The van der Waals surface area contributed by atoms with Gasteiger partial charge in [0.25, 0.3) is 0 Å². The summed E-state index contributed by atoms with van der Waals surface area (Å²) in [5, 5.41) is 0. The number of likely N-dealkylation sites (tertiary alicyclic amines) is 2. The topological polar surface area (TPSA) is 87.7 Å². The highest BCUT2D eigenvalue weighted by Gasteiger charge is 2.54. The zero-order valence-electron chi connectivity index (χ0n) is 19.8. The molecule has 3 heterocycles. The summed E-state index contributed by atoms with van der Waals surface area (Å²) in [6, 6.07) is 11.1. The van der Waals surface area contributed by atoms with Crippen LogP contribution in [-0.2, 0) is 31.1 Å². The van der Waals surface area contributed by atoms with E-state index in [-0.39, 0.29) is 48.8 Å². The lowest BCUT2D eigenvalue weighted by Crippen LogP contribution is -2.47. The van der Waals surface area contributed by atoms with Crippen LogP contribution in [0.1, 0.15) is 55.7 Å². The minimum absolute atomic E-state index is 0.0478. The Bertz CT molecular complexity index is 1100. The van der Waals surface area contributed by atoms with Gasteiger partial charge in [0.1, 0.15) is 5.78 Å². The second-order valence-electron chi connectivity index (χ2n) is 9.40. The lowest BCUT2D eigenvalue weighted by molar-refractivity contribution is -0.144. The van der Waals surface area contributed by atoms with E-state index in [1.54, 1.807) is 23.4 Å². The molecule has 0 saturated carbocycles. The number of aryl methyl sites for hydroxylation is 1. The summed E-state index contributed by atoms with van der Waals surface area (Å²) in [5.74, 6) is -0.799. The molecule has 2 atom stereocenters. The fourth-order valence-corrected chi connectivity index (χ4v) is 5.31. The zero-order chi connectivity index (χ0) is 24.3. The van der Waals surface area contributed by atoms with E-state index in [1.165, 1.54) is 4.90 Å². The van der Waals surface area contributed by atoms with Crippen molar-refractivity contribution in [1.29, 1.82) is 0 Å². The summed E-state index contributed by atoms with van der Waals surface area (Å²) in [6.45, 7) is 4.83. The Balaban J connectivity index is 1.65. The fraction of sp³-hybridized carbons (Fsp3) is 0.444. The van der Waals surface area contributed by atoms with Crippen LogP contribution in [0.5, 0.6) is 0 Å². The lowest BCUT2D eigenvalue weighted by atomic mass is 9.73. The number of benzene rings is 1. The average molecular weight is 462 g/mol. The predicted molar refractivity (Wildman–Crippen MR) is 126 cm³/mol. The van der Waals surface area contributed by atoms with Crippen molar-refractivity contribution in [2.75, 3.05) is 13.1 Å². The fourth-order valence-electron chi connectivity index (χ4n) is 5.31. The predicted octanol–water partition coefficient (Wildman–Crippen LogP) is 3.19. The molecule has 3 amide bonds. The van der Waals surface area contributed by atoms with E-state index in [9.17, 15) is 19.2 Å². The van der Waals surface area contributed by atoms with Crippen LogP contribution in [0.25, 0.3) is 0 Å². The van der Waals surface area contributed by atoms with Crippen LogP contribution < -0.4 is 0 Å². The van der Waals surface area contributed by atoms with Gasteiger partial charge in [-0.15, -0.1) is 0 Å². The van der Waals surface area contributed by atoms with E-state index < -0.39 is 5.41 Å². The van der Waals surface area contributed by atoms with E-state index in [2.05, 4.69) is 4.98 Å². The molecule has 7 heteroatoms. The molecule has 2 aliphatic rings. The maximum absolute atomic E-state index is 13.9. The molecule has 2 aromatic rings. The van der Waals surface area contributed by atoms with Crippen molar-refractivity contribution in [3.8, 4) is 0 Å². The van der Waals surface area contributed by atoms with Gasteiger partial charge >= 0.3 is 0 Å². The first-order chi connectivity index (χ1) is 16.4. The summed E-state index contributed by atoms with van der Waals surface area (Å²) >= 11 is 0. The molecule has 0 unspecified atom stereocenters. The van der Waals surface area contributed by atoms with Crippen molar-refractivity contribution >= 4 is 23.5 Å². The molecule has 34 heavy (non-hydrogen) atoms. The first kappa shape index (κ1) is 23.8. The van der Waals surface area contributed by atoms with Crippen molar-refractivity contribution in [2.45, 2.75) is 57.9 Å². The number of nitrogens with zero attached hydrogens (tertiary/aromatic N) is 3. The van der Waals surface area contributed by atoms with Crippen LogP contribution >= 0.6 is 0 Å². The molecule has 7 nitrogen and oxygen atoms in total. The second kappa shape index (κ2) is 9.87. The molecular formula is C27H31N3O4. The largest absolute Gasteiger partial charge is 0.342 e. The molecular weight excluding hydrogens is 430 g/mol. The van der Waals surface area contributed by atoms with Gasteiger partial charge in [0.05, 0.1) is 12.0 Å². The Morgan fingerprint density at radius 1 is 1.15 bits per heavy atom. The number of rotatable bonds is 7. The number of ketones is 1. The Morgan fingerprint density at radius 2 is 1.94 bits per heavy atom. The first-order valence-corrected chi connectivity index (χ1v) is 12.0. The van der Waals surface area contributed by atoms with Crippen molar-refractivity contribution in [3.63, 3.8) is 0 Å². The molecule has 0 radical (unpaired) electrons. The molecule has 2 fully saturated rings. The third kappa shape index (κ3) is 4.52. The Hall–Kier alpha value is -3.35. The lowest BCUT2D eigenvalue weighted by Gasteiger charge is -2.35. The van der Waals surface area contributed by atoms with Gasteiger partial charge in [-0.1, -0.05) is 37.3 Å². The van der Waals surface area contributed by atoms with Crippen molar-refractivity contribution in [3.05, 3.63) is 65.5 Å². The number of piperidine rings is 1. The number of amides is 3. The summed E-state index contributed by atoms with van der Waals surface area (Å²) in [5.41, 5.74) is 1.10. The number of pyridine rings is 1. The van der Waals surface area contributed by atoms with Crippen molar-refractivity contribution in [1.82, 2.24) is 14.8 Å². The average Bonchev–Trinajstić information content (AvgIpc) is 3.09. The molecule has 2 saturated heterocycles. The maximum Gasteiger partial charge on any atom is 0.241 e. The summed E-state index contributed by atoms with van der Waals surface area (Å²) in [7, 11) is 0. The molecule has 1 aromatic carbocycles. The molecule has 0 aliphatic carbocycles. The van der Waals surface area contributed by atoms with E-state index in [0.717, 1.165) is 24.0 Å². The molecule has 4 rings (SSSR count). The molecule has 0 bridgehead atoms. The van der Waals surface area contributed by atoms with Crippen molar-refractivity contribution in [2.24, 2.45) is 5.92 Å². The Labute approximate surface area is 200 Å². The highest BCUT2D eigenvalue weighted by atomic mass is 16.2. The Morgan fingerprint density at radius 3 is 2.65 bits per heavy atom. The third-order valence-corrected chi connectivity index (χ3v) is 7.16. The van der Waals surface area contributed by atoms with Gasteiger partial charge in [0.15, 0.2) is 0 Å². The summed E-state index contributed by atoms with van der Waals surface area (Å²) in [6.07, 6.45) is 5.15. The van der Waals surface area contributed by atoms with Crippen LogP contribution in [0.3, 0.4) is 0 Å². The maximum atomic E-state index is 13.9. The minimum Gasteiger partial charge on any atom is -0.342 e. The van der Waals surface area contributed by atoms with Gasteiger partial charge in [-0.25, -0.2) is 0 Å². The van der Waals surface area contributed by atoms with Gasteiger partial charge in [-0.3, -0.25) is 29.1 Å². The minimum atomic E-state index is -1.25. The molecule has 0 spiro atoms. The van der Waals surface area contributed by atoms with Crippen LogP contribution in [0.4, 0.5) is 0 Å². The number of hydrogen-bond acceptors (Lipinski definition) is 5. The van der Waals surface area contributed by atoms with E-state index in [0.29, 0.717) is 25.1 Å². The van der Waals surface area contributed by atoms with Crippen LogP contribution in [0, 0.1) is 12.8 Å². The van der Waals surface area contributed by atoms with Gasteiger partial charge < -0.3 is 4.90 Å². The standard InChI is InChI=1S/C27H31N3O4/c1-3-23(31)21-10-7-13-29(18-21)24(32)14-27(22-11-5-4-8-19(22)2)15-25(33)30(26(27)34)17-20-9-6-12-28-16-20/h4-6,8-9,11-12,16,21H,3,7,10,13-15,17-18H2,1-2H3/t21-,27+/m0/s1. The van der Waals surface area contributed by atoms with Gasteiger partial charge in [-0.2, -0.15) is 0 Å². The first-order valence-electron chi connectivity index (χ1n) is 12.0. The normalized spacial score (nSPS) is 22.8. The summed E-state index contributed by atoms with van der Waals surface area (Å²) < 4.78 is 0. The molecule has 1 aromatic heterocycles. The molecule has 178 valence electrons. The highest BCUT2D eigenvalue weighted by Crippen LogP contribution is 2.42. The van der Waals surface area contributed by atoms with Crippen LogP contribution in [-0.4, -0.2) is 51.4 Å². The van der Waals surface area contributed by atoms with Gasteiger partial charge in [0, 0.05) is 50.7 Å². The van der Waals surface area contributed by atoms with Crippen LogP contribution in [0.2, 0.25) is 0 Å².